The molecule has 0 aliphatic rings. The van der Waals surface area contributed by atoms with Crippen LogP contribution in [0, 0.1) is 6.92 Å². The van der Waals surface area contributed by atoms with E-state index in [0.29, 0.717) is 5.56 Å². The molecule has 1 aromatic rings. The Labute approximate surface area is 59.7 Å². The van der Waals surface area contributed by atoms with Crippen LogP contribution in [0.3, 0.4) is 0 Å². The first-order valence-electron chi connectivity index (χ1n) is 2.92. The maximum atomic E-state index is 10.5. The third-order valence-electron chi connectivity index (χ3n) is 1.24. The Kier molecular flexibility index (Phi) is 1.71. The average Bonchev–Trinajstić information content (AvgIpc) is 1.88. The van der Waals surface area contributed by atoms with Gasteiger partial charge in [0.1, 0.15) is 0 Å². The molecule has 0 atom stereocenters. The summed E-state index contributed by atoms with van der Waals surface area (Å²) in [5, 5.41) is 0. The van der Waals surface area contributed by atoms with Gasteiger partial charge in [-0.25, -0.2) is 0 Å². The van der Waals surface area contributed by atoms with Crippen LogP contribution in [0.15, 0.2) is 24.3 Å². The van der Waals surface area contributed by atoms with Crippen molar-refractivity contribution >= 4 is 5.91 Å². The van der Waals surface area contributed by atoms with Crippen LogP contribution in [0.1, 0.15) is 15.9 Å². The zero-order chi connectivity index (χ0) is 7.56. The molecule has 2 nitrogen and oxygen atoms in total. The lowest BCUT2D eigenvalue weighted by Crippen LogP contribution is -2.10. The fraction of sp³-hybridized carbons (Fsp3) is 0. The number of hydrogen-bond donors (Lipinski definition) is 1. The molecule has 0 aliphatic carbocycles. The summed E-state index contributed by atoms with van der Waals surface area (Å²) in [7, 11) is 0. The molecule has 0 heterocycles. The summed E-state index contributed by atoms with van der Waals surface area (Å²) in [6, 6.07) is 6.82. The van der Waals surface area contributed by atoms with Gasteiger partial charge >= 0.3 is 0 Å². The first kappa shape index (κ1) is 6.81. The molecule has 0 aliphatic heterocycles. The first-order chi connectivity index (χ1) is 4.70. The van der Waals surface area contributed by atoms with Crippen molar-refractivity contribution in [1.82, 2.24) is 0 Å². The molecule has 1 amide bonds. The summed E-state index contributed by atoms with van der Waals surface area (Å²) in [4.78, 5) is 10.5. The second kappa shape index (κ2) is 2.52. The molecule has 0 unspecified atom stereocenters. The summed E-state index contributed by atoms with van der Waals surface area (Å²) in [5.41, 5.74) is 6.40. The zero-order valence-electron chi connectivity index (χ0n) is 5.50. The van der Waals surface area contributed by atoms with E-state index in [9.17, 15) is 4.79 Å². The first-order valence-corrected chi connectivity index (χ1v) is 2.92. The van der Waals surface area contributed by atoms with Crippen molar-refractivity contribution in [3.8, 4) is 0 Å². The van der Waals surface area contributed by atoms with E-state index in [0.717, 1.165) is 5.56 Å². The van der Waals surface area contributed by atoms with E-state index < -0.39 is 5.91 Å². The monoisotopic (exact) mass is 134 g/mol. The molecule has 10 heavy (non-hydrogen) atoms. The smallest absolute Gasteiger partial charge is 0.248 e. The Bertz CT molecular complexity index is 238. The largest absolute Gasteiger partial charge is 0.366 e. The third-order valence-corrected chi connectivity index (χ3v) is 1.24. The quantitative estimate of drug-likeness (QED) is 0.611. The summed E-state index contributed by atoms with van der Waals surface area (Å²) in [6.45, 7) is 3.67. The van der Waals surface area contributed by atoms with Gasteiger partial charge in [-0.1, -0.05) is 12.1 Å². The maximum Gasteiger partial charge on any atom is 0.248 e. The van der Waals surface area contributed by atoms with E-state index in [1.165, 1.54) is 0 Å². The van der Waals surface area contributed by atoms with Crippen LogP contribution >= 0.6 is 0 Å². The van der Waals surface area contributed by atoms with Crippen molar-refractivity contribution in [2.24, 2.45) is 5.73 Å². The van der Waals surface area contributed by atoms with Gasteiger partial charge in [-0.3, -0.25) is 4.79 Å². The van der Waals surface area contributed by atoms with E-state index in [-0.39, 0.29) is 0 Å². The van der Waals surface area contributed by atoms with Crippen LogP contribution in [0.25, 0.3) is 0 Å². The van der Waals surface area contributed by atoms with Gasteiger partial charge in [0.25, 0.3) is 0 Å². The Morgan fingerprint density at radius 3 is 2.20 bits per heavy atom. The van der Waals surface area contributed by atoms with E-state index in [1.54, 1.807) is 24.3 Å². The van der Waals surface area contributed by atoms with Gasteiger partial charge in [0.2, 0.25) is 5.91 Å². The van der Waals surface area contributed by atoms with Gasteiger partial charge in [-0.15, -0.1) is 0 Å². The average molecular weight is 134 g/mol. The predicted octanol–water partition coefficient (Wildman–Crippen LogP) is 0.968. The number of rotatable bonds is 1. The summed E-state index contributed by atoms with van der Waals surface area (Å²) >= 11 is 0. The van der Waals surface area contributed by atoms with Crippen molar-refractivity contribution in [3.63, 3.8) is 0 Å². The lowest BCUT2D eigenvalue weighted by Gasteiger charge is -1.93. The maximum absolute atomic E-state index is 10.5. The van der Waals surface area contributed by atoms with Gasteiger partial charge < -0.3 is 5.73 Å². The fourth-order valence-electron chi connectivity index (χ4n) is 0.669. The molecule has 51 valence electrons. The van der Waals surface area contributed by atoms with Crippen molar-refractivity contribution < 1.29 is 4.79 Å². The molecule has 0 fully saturated rings. The molecule has 1 radical (unpaired) electrons. The van der Waals surface area contributed by atoms with Crippen LogP contribution in [0.4, 0.5) is 0 Å². The van der Waals surface area contributed by atoms with E-state index >= 15 is 0 Å². The zero-order valence-corrected chi connectivity index (χ0v) is 5.50. The van der Waals surface area contributed by atoms with Crippen LogP contribution in [0.2, 0.25) is 0 Å². The summed E-state index contributed by atoms with van der Waals surface area (Å²) in [5.74, 6) is -0.403. The molecular weight excluding hydrogens is 126 g/mol. The van der Waals surface area contributed by atoms with Gasteiger partial charge in [0, 0.05) is 5.56 Å². The third kappa shape index (κ3) is 1.35. The van der Waals surface area contributed by atoms with Gasteiger partial charge in [0.05, 0.1) is 0 Å². The highest BCUT2D eigenvalue weighted by molar-refractivity contribution is 5.92. The molecule has 2 N–H and O–H groups in total. The number of benzene rings is 1. The standard InChI is InChI=1S/C8H8NO/c1-6-2-4-7(5-3-6)8(9)10/h2-5H,1H2,(H2,9,10). The predicted molar refractivity (Wildman–Crippen MR) is 39.4 cm³/mol. The fourth-order valence-corrected chi connectivity index (χ4v) is 0.669. The number of amides is 1. The lowest BCUT2D eigenvalue weighted by molar-refractivity contribution is 0.100. The highest BCUT2D eigenvalue weighted by Gasteiger charge is 1.95. The summed E-state index contributed by atoms with van der Waals surface area (Å²) < 4.78 is 0. The Balaban J connectivity index is 3.00. The number of carbonyl (C=O) groups excluding carboxylic acids is 1. The Morgan fingerprint density at radius 1 is 1.30 bits per heavy atom. The number of hydrogen-bond acceptors (Lipinski definition) is 1. The SMILES string of the molecule is [CH2]c1ccc(C(N)=O)cc1. The molecule has 1 aromatic carbocycles. The molecule has 0 saturated carbocycles. The minimum Gasteiger partial charge on any atom is -0.366 e. The number of nitrogens with two attached hydrogens (primary N) is 1. The van der Waals surface area contributed by atoms with E-state index in [4.69, 9.17) is 5.73 Å². The minimum absolute atomic E-state index is 0.403. The molecule has 0 aromatic heterocycles. The van der Waals surface area contributed by atoms with Gasteiger partial charge in [-0.05, 0) is 24.6 Å². The molecular formula is C8H8NO. The summed E-state index contributed by atoms with van der Waals surface area (Å²) in [6.07, 6.45) is 0. The van der Waals surface area contributed by atoms with Crippen molar-refractivity contribution in [2.45, 2.75) is 0 Å². The van der Waals surface area contributed by atoms with Crippen molar-refractivity contribution in [3.05, 3.63) is 42.3 Å². The Hall–Kier alpha value is -1.31. The molecule has 0 spiro atoms. The van der Waals surface area contributed by atoms with Crippen LogP contribution in [-0.4, -0.2) is 5.91 Å². The van der Waals surface area contributed by atoms with Gasteiger partial charge in [0.15, 0.2) is 0 Å². The highest BCUT2D eigenvalue weighted by atomic mass is 16.1. The second-order valence-corrected chi connectivity index (χ2v) is 2.06. The molecule has 0 saturated heterocycles. The molecule has 1 rings (SSSR count). The highest BCUT2D eigenvalue weighted by Crippen LogP contribution is 2.00. The Morgan fingerprint density at radius 2 is 1.80 bits per heavy atom. The van der Waals surface area contributed by atoms with E-state index in [2.05, 4.69) is 6.92 Å². The lowest BCUT2D eigenvalue weighted by atomic mass is 10.1. The van der Waals surface area contributed by atoms with Crippen LogP contribution in [0.5, 0.6) is 0 Å². The number of primary amides is 1. The van der Waals surface area contributed by atoms with Crippen LogP contribution < -0.4 is 5.73 Å². The van der Waals surface area contributed by atoms with E-state index in [1.807, 2.05) is 0 Å². The van der Waals surface area contributed by atoms with Crippen molar-refractivity contribution in [1.29, 1.82) is 0 Å². The van der Waals surface area contributed by atoms with Gasteiger partial charge in [-0.2, -0.15) is 0 Å². The second-order valence-electron chi connectivity index (χ2n) is 2.06. The molecule has 2 heteroatoms. The normalized spacial score (nSPS) is 9.30. The molecule has 0 bridgehead atoms. The number of carbonyl (C=O) groups is 1. The van der Waals surface area contributed by atoms with Crippen LogP contribution in [-0.2, 0) is 0 Å². The minimum atomic E-state index is -0.403. The topological polar surface area (TPSA) is 43.1 Å². The van der Waals surface area contributed by atoms with Crippen molar-refractivity contribution in [2.75, 3.05) is 0 Å².